The van der Waals surface area contributed by atoms with Crippen LogP contribution in [0.3, 0.4) is 0 Å². The van der Waals surface area contributed by atoms with Crippen LogP contribution in [0.25, 0.3) is 0 Å². The molecule has 0 spiro atoms. The van der Waals surface area contributed by atoms with Gasteiger partial charge in [0.25, 0.3) is 0 Å². The molecule has 1 aliphatic heterocycles. The van der Waals surface area contributed by atoms with Gasteiger partial charge in [-0.05, 0) is 32.2 Å². The van der Waals surface area contributed by atoms with Gasteiger partial charge >= 0.3 is 0 Å². The molecule has 2 unspecified atom stereocenters. The van der Waals surface area contributed by atoms with Crippen LogP contribution in [0.5, 0.6) is 0 Å². The molecule has 76 valence electrons. The first-order chi connectivity index (χ1) is 6.15. The highest BCUT2D eigenvalue weighted by atomic mass is 16.2. The smallest absolute Gasteiger partial charge is 0.223 e. The first-order valence-electron chi connectivity index (χ1n) is 5.14. The van der Waals surface area contributed by atoms with Crippen LogP contribution < -0.4 is 5.73 Å². The number of nitrogens with two attached hydrogens (primary N) is 1. The SMILES string of the molecule is CC(CN)CC(=O)N1CCCC1C. The van der Waals surface area contributed by atoms with Crippen molar-refractivity contribution in [3.05, 3.63) is 0 Å². The number of hydrogen-bond donors (Lipinski definition) is 1. The fourth-order valence-electron chi connectivity index (χ4n) is 1.80. The van der Waals surface area contributed by atoms with Crippen molar-refractivity contribution in [2.45, 2.75) is 39.2 Å². The maximum absolute atomic E-state index is 11.7. The normalized spacial score (nSPS) is 24.8. The van der Waals surface area contributed by atoms with Crippen molar-refractivity contribution in [3.63, 3.8) is 0 Å². The summed E-state index contributed by atoms with van der Waals surface area (Å²) in [6.45, 7) is 5.70. The number of carbonyl (C=O) groups excluding carboxylic acids is 1. The average Bonchev–Trinajstić information content (AvgIpc) is 2.51. The Bertz CT molecular complexity index is 182. The van der Waals surface area contributed by atoms with Crippen LogP contribution in [0, 0.1) is 5.92 Å². The Balaban J connectivity index is 2.38. The molecule has 0 saturated carbocycles. The summed E-state index contributed by atoms with van der Waals surface area (Å²) < 4.78 is 0. The molecule has 1 aliphatic rings. The minimum Gasteiger partial charge on any atom is -0.340 e. The predicted octanol–water partition coefficient (Wildman–Crippen LogP) is 0.982. The Morgan fingerprint density at radius 2 is 2.38 bits per heavy atom. The van der Waals surface area contributed by atoms with E-state index >= 15 is 0 Å². The van der Waals surface area contributed by atoms with E-state index in [0.29, 0.717) is 24.9 Å². The summed E-state index contributed by atoms with van der Waals surface area (Å²) in [7, 11) is 0. The molecule has 1 fully saturated rings. The maximum atomic E-state index is 11.7. The van der Waals surface area contributed by atoms with Gasteiger partial charge in [-0.3, -0.25) is 4.79 Å². The monoisotopic (exact) mass is 184 g/mol. The van der Waals surface area contributed by atoms with Crippen molar-refractivity contribution in [2.75, 3.05) is 13.1 Å². The maximum Gasteiger partial charge on any atom is 0.223 e. The van der Waals surface area contributed by atoms with Gasteiger partial charge in [-0.25, -0.2) is 0 Å². The standard InChI is InChI=1S/C10H20N2O/c1-8(7-11)6-10(13)12-5-3-4-9(12)2/h8-9H,3-7,11H2,1-2H3. The fraction of sp³-hybridized carbons (Fsp3) is 0.900. The second-order valence-corrected chi connectivity index (χ2v) is 4.12. The molecule has 0 aromatic heterocycles. The van der Waals surface area contributed by atoms with E-state index in [2.05, 4.69) is 6.92 Å². The molecule has 0 bridgehead atoms. The van der Waals surface area contributed by atoms with Crippen molar-refractivity contribution in [2.24, 2.45) is 11.7 Å². The number of rotatable bonds is 3. The Kier molecular flexibility index (Phi) is 3.72. The van der Waals surface area contributed by atoms with Gasteiger partial charge in [0.2, 0.25) is 5.91 Å². The lowest BCUT2D eigenvalue weighted by molar-refractivity contribution is -0.132. The van der Waals surface area contributed by atoms with Gasteiger partial charge in [-0.2, -0.15) is 0 Å². The first kappa shape index (κ1) is 10.5. The van der Waals surface area contributed by atoms with Crippen LogP contribution in [0.2, 0.25) is 0 Å². The summed E-state index contributed by atoms with van der Waals surface area (Å²) in [4.78, 5) is 13.7. The largest absolute Gasteiger partial charge is 0.340 e. The number of likely N-dealkylation sites (tertiary alicyclic amines) is 1. The van der Waals surface area contributed by atoms with Gasteiger partial charge in [-0.1, -0.05) is 6.92 Å². The molecule has 1 rings (SSSR count). The second-order valence-electron chi connectivity index (χ2n) is 4.12. The van der Waals surface area contributed by atoms with Gasteiger partial charge in [0.05, 0.1) is 0 Å². The van der Waals surface area contributed by atoms with Gasteiger partial charge in [0.15, 0.2) is 0 Å². The van der Waals surface area contributed by atoms with Gasteiger partial charge in [0, 0.05) is 19.0 Å². The molecule has 1 heterocycles. The molecule has 0 aliphatic carbocycles. The molecule has 0 aromatic rings. The summed E-state index contributed by atoms with van der Waals surface area (Å²) in [6, 6.07) is 0.442. The van der Waals surface area contributed by atoms with E-state index in [1.165, 1.54) is 0 Å². The molecular formula is C10H20N2O. The van der Waals surface area contributed by atoms with Gasteiger partial charge in [0.1, 0.15) is 0 Å². The molecule has 1 saturated heterocycles. The highest BCUT2D eigenvalue weighted by Gasteiger charge is 2.25. The molecule has 0 radical (unpaired) electrons. The Morgan fingerprint density at radius 3 is 2.85 bits per heavy atom. The lowest BCUT2D eigenvalue weighted by Gasteiger charge is -2.22. The summed E-state index contributed by atoms with van der Waals surface area (Å²) in [6.07, 6.45) is 2.92. The highest BCUT2D eigenvalue weighted by molar-refractivity contribution is 5.77. The summed E-state index contributed by atoms with van der Waals surface area (Å²) in [5.41, 5.74) is 5.48. The molecule has 13 heavy (non-hydrogen) atoms. The van der Waals surface area contributed by atoms with Crippen molar-refractivity contribution < 1.29 is 4.79 Å². The zero-order valence-electron chi connectivity index (χ0n) is 8.62. The molecule has 2 atom stereocenters. The topological polar surface area (TPSA) is 46.3 Å². The van der Waals surface area contributed by atoms with Crippen molar-refractivity contribution in [1.82, 2.24) is 4.90 Å². The number of hydrogen-bond acceptors (Lipinski definition) is 2. The molecule has 1 amide bonds. The van der Waals surface area contributed by atoms with Crippen LogP contribution in [0.4, 0.5) is 0 Å². The van der Waals surface area contributed by atoms with Crippen molar-refractivity contribution >= 4 is 5.91 Å². The lowest BCUT2D eigenvalue weighted by Crippen LogP contribution is -2.35. The molecule has 3 heteroatoms. The highest BCUT2D eigenvalue weighted by Crippen LogP contribution is 2.18. The van der Waals surface area contributed by atoms with E-state index in [9.17, 15) is 4.79 Å². The first-order valence-corrected chi connectivity index (χ1v) is 5.14. The summed E-state index contributed by atoms with van der Waals surface area (Å²) >= 11 is 0. The van der Waals surface area contributed by atoms with Crippen LogP contribution in [-0.2, 0) is 4.79 Å². The van der Waals surface area contributed by atoms with E-state index in [-0.39, 0.29) is 5.91 Å². The Morgan fingerprint density at radius 1 is 1.69 bits per heavy atom. The summed E-state index contributed by atoms with van der Waals surface area (Å²) in [5, 5.41) is 0. The lowest BCUT2D eigenvalue weighted by atomic mass is 10.1. The van der Waals surface area contributed by atoms with Crippen molar-refractivity contribution in [1.29, 1.82) is 0 Å². The van der Waals surface area contributed by atoms with Crippen molar-refractivity contribution in [3.8, 4) is 0 Å². The Hall–Kier alpha value is -0.570. The summed E-state index contributed by atoms with van der Waals surface area (Å²) in [5.74, 6) is 0.600. The quantitative estimate of drug-likeness (QED) is 0.710. The van der Waals surface area contributed by atoms with E-state index in [4.69, 9.17) is 5.73 Å². The third kappa shape index (κ3) is 2.69. The Labute approximate surface area is 80.3 Å². The molecular weight excluding hydrogens is 164 g/mol. The van der Waals surface area contributed by atoms with Crippen LogP contribution in [0.15, 0.2) is 0 Å². The molecule has 2 N–H and O–H groups in total. The number of amides is 1. The minimum absolute atomic E-state index is 0.281. The van der Waals surface area contributed by atoms with Gasteiger partial charge < -0.3 is 10.6 Å². The van der Waals surface area contributed by atoms with E-state index in [1.807, 2.05) is 11.8 Å². The predicted molar refractivity (Wildman–Crippen MR) is 53.2 cm³/mol. The zero-order chi connectivity index (χ0) is 9.84. The van der Waals surface area contributed by atoms with Gasteiger partial charge in [-0.15, -0.1) is 0 Å². The fourth-order valence-corrected chi connectivity index (χ4v) is 1.80. The second kappa shape index (κ2) is 4.61. The minimum atomic E-state index is 0.281. The van der Waals surface area contributed by atoms with Crippen LogP contribution in [-0.4, -0.2) is 29.9 Å². The molecule has 0 aromatic carbocycles. The van der Waals surface area contributed by atoms with E-state index in [0.717, 1.165) is 19.4 Å². The molecule has 3 nitrogen and oxygen atoms in total. The zero-order valence-corrected chi connectivity index (χ0v) is 8.62. The number of carbonyl (C=O) groups is 1. The van der Waals surface area contributed by atoms with E-state index < -0.39 is 0 Å². The number of nitrogens with zero attached hydrogens (tertiary/aromatic N) is 1. The van der Waals surface area contributed by atoms with E-state index in [1.54, 1.807) is 0 Å². The third-order valence-electron chi connectivity index (χ3n) is 2.80. The third-order valence-corrected chi connectivity index (χ3v) is 2.80. The average molecular weight is 184 g/mol. The van der Waals surface area contributed by atoms with Crippen LogP contribution in [0.1, 0.15) is 33.1 Å². The van der Waals surface area contributed by atoms with Crippen LogP contribution >= 0.6 is 0 Å².